The number of rotatable bonds is 2. The van der Waals surface area contributed by atoms with Crippen LogP contribution in [0, 0.1) is 5.41 Å². The van der Waals surface area contributed by atoms with Crippen LogP contribution in [0.1, 0.15) is 50.8 Å². The molecule has 0 unspecified atom stereocenters. The first kappa shape index (κ1) is 9.70. The lowest BCUT2D eigenvalue weighted by atomic mass is 9.89. The van der Waals surface area contributed by atoms with Crippen LogP contribution in [0.15, 0.2) is 18.3 Å². The van der Waals surface area contributed by atoms with Crippen LogP contribution in [0.5, 0.6) is 0 Å². The molecule has 0 amide bonds. The van der Waals surface area contributed by atoms with E-state index in [1.807, 2.05) is 0 Å². The fraction of sp³-hybridized carbons (Fsp3) is 0.615. The molecule has 14 heavy (non-hydrogen) atoms. The summed E-state index contributed by atoms with van der Waals surface area (Å²) in [4.78, 5) is 4.52. The van der Waals surface area contributed by atoms with Gasteiger partial charge in [0.1, 0.15) is 0 Å². The molecule has 1 aromatic heterocycles. The SMILES string of the molecule is CC(C)(C)Cc1ccc(C2CC2)nc1. The molecule has 0 atom stereocenters. The molecule has 1 heteroatoms. The van der Waals surface area contributed by atoms with Crippen LogP contribution in [-0.4, -0.2) is 4.98 Å². The van der Waals surface area contributed by atoms with Crippen molar-refractivity contribution < 1.29 is 0 Å². The summed E-state index contributed by atoms with van der Waals surface area (Å²) < 4.78 is 0. The summed E-state index contributed by atoms with van der Waals surface area (Å²) in [7, 11) is 0. The lowest BCUT2D eigenvalue weighted by Crippen LogP contribution is -2.09. The van der Waals surface area contributed by atoms with Crippen molar-refractivity contribution in [1.29, 1.82) is 0 Å². The van der Waals surface area contributed by atoms with Crippen LogP contribution in [-0.2, 0) is 6.42 Å². The number of aromatic nitrogens is 1. The summed E-state index contributed by atoms with van der Waals surface area (Å²) in [5, 5.41) is 0. The van der Waals surface area contributed by atoms with E-state index in [1.165, 1.54) is 24.1 Å². The Morgan fingerprint density at radius 2 is 2.00 bits per heavy atom. The fourth-order valence-electron chi connectivity index (χ4n) is 1.77. The van der Waals surface area contributed by atoms with E-state index in [0.717, 1.165) is 12.3 Å². The van der Waals surface area contributed by atoms with E-state index in [0.29, 0.717) is 5.41 Å². The second-order valence-electron chi connectivity index (χ2n) is 5.60. The third kappa shape index (κ3) is 2.57. The quantitative estimate of drug-likeness (QED) is 0.693. The Labute approximate surface area is 86.6 Å². The molecule has 0 N–H and O–H groups in total. The summed E-state index contributed by atoms with van der Waals surface area (Å²) >= 11 is 0. The lowest BCUT2D eigenvalue weighted by Gasteiger charge is -2.17. The third-order valence-electron chi connectivity index (χ3n) is 2.58. The molecule has 1 nitrogen and oxygen atoms in total. The number of nitrogens with zero attached hydrogens (tertiary/aromatic N) is 1. The highest BCUT2D eigenvalue weighted by atomic mass is 14.7. The van der Waals surface area contributed by atoms with E-state index in [1.54, 1.807) is 0 Å². The maximum atomic E-state index is 4.52. The van der Waals surface area contributed by atoms with Gasteiger partial charge in [-0.3, -0.25) is 4.98 Å². The molecule has 0 spiro atoms. The smallest absolute Gasteiger partial charge is 0.0434 e. The Balaban J connectivity index is 2.06. The molecule has 1 fully saturated rings. The van der Waals surface area contributed by atoms with E-state index in [4.69, 9.17) is 0 Å². The highest BCUT2D eigenvalue weighted by Crippen LogP contribution is 2.38. The van der Waals surface area contributed by atoms with Crippen molar-refractivity contribution in [1.82, 2.24) is 4.98 Å². The summed E-state index contributed by atoms with van der Waals surface area (Å²) in [5.74, 6) is 0.777. The van der Waals surface area contributed by atoms with Gasteiger partial charge in [-0.25, -0.2) is 0 Å². The molecule has 1 saturated carbocycles. The molecular weight excluding hydrogens is 170 g/mol. The number of hydrogen-bond donors (Lipinski definition) is 0. The van der Waals surface area contributed by atoms with Gasteiger partial charge < -0.3 is 0 Å². The fourth-order valence-corrected chi connectivity index (χ4v) is 1.77. The molecule has 76 valence electrons. The molecule has 1 aliphatic carbocycles. The summed E-state index contributed by atoms with van der Waals surface area (Å²) in [6, 6.07) is 4.45. The lowest BCUT2D eigenvalue weighted by molar-refractivity contribution is 0.410. The molecule has 1 aromatic rings. The predicted octanol–water partition coefficient (Wildman–Crippen LogP) is 3.55. The molecule has 0 radical (unpaired) electrons. The topological polar surface area (TPSA) is 12.9 Å². The summed E-state index contributed by atoms with van der Waals surface area (Å²) in [6.45, 7) is 6.80. The van der Waals surface area contributed by atoms with Crippen LogP contribution in [0.4, 0.5) is 0 Å². The number of pyridine rings is 1. The van der Waals surface area contributed by atoms with E-state index in [2.05, 4.69) is 44.1 Å². The van der Waals surface area contributed by atoms with Gasteiger partial charge in [0.2, 0.25) is 0 Å². The summed E-state index contributed by atoms with van der Waals surface area (Å²) in [5.41, 5.74) is 3.02. The van der Waals surface area contributed by atoms with E-state index in [9.17, 15) is 0 Å². The van der Waals surface area contributed by atoms with Crippen molar-refractivity contribution in [3.8, 4) is 0 Å². The molecule has 0 bridgehead atoms. The first-order chi connectivity index (χ1) is 6.54. The van der Waals surface area contributed by atoms with Gasteiger partial charge in [-0.05, 0) is 36.3 Å². The number of hydrogen-bond acceptors (Lipinski definition) is 1. The van der Waals surface area contributed by atoms with Gasteiger partial charge >= 0.3 is 0 Å². The average molecular weight is 189 g/mol. The zero-order valence-electron chi connectivity index (χ0n) is 9.38. The van der Waals surface area contributed by atoms with Crippen LogP contribution in [0.2, 0.25) is 0 Å². The first-order valence-electron chi connectivity index (χ1n) is 5.49. The molecule has 2 rings (SSSR count). The van der Waals surface area contributed by atoms with Gasteiger partial charge in [0.25, 0.3) is 0 Å². The second kappa shape index (κ2) is 3.38. The largest absolute Gasteiger partial charge is 0.261 e. The van der Waals surface area contributed by atoms with Crippen LogP contribution in [0.3, 0.4) is 0 Å². The standard InChI is InChI=1S/C13H19N/c1-13(2,3)8-10-4-7-12(14-9-10)11-5-6-11/h4,7,9,11H,5-6,8H2,1-3H3. The molecular formula is C13H19N. The Hall–Kier alpha value is -0.850. The minimum Gasteiger partial charge on any atom is -0.261 e. The molecule has 0 saturated heterocycles. The third-order valence-corrected chi connectivity index (χ3v) is 2.58. The van der Waals surface area contributed by atoms with Gasteiger partial charge in [-0.2, -0.15) is 0 Å². The van der Waals surface area contributed by atoms with Crippen molar-refractivity contribution >= 4 is 0 Å². The Morgan fingerprint density at radius 3 is 2.43 bits per heavy atom. The minimum atomic E-state index is 0.364. The molecule has 1 aliphatic rings. The Bertz CT molecular complexity index is 301. The van der Waals surface area contributed by atoms with E-state index < -0.39 is 0 Å². The maximum absolute atomic E-state index is 4.52. The molecule has 0 aliphatic heterocycles. The highest BCUT2D eigenvalue weighted by molar-refractivity contribution is 5.20. The van der Waals surface area contributed by atoms with Crippen molar-refractivity contribution in [3.05, 3.63) is 29.6 Å². The zero-order chi connectivity index (χ0) is 10.2. The second-order valence-corrected chi connectivity index (χ2v) is 5.60. The Morgan fingerprint density at radius 1 is 1.29 bits per heavy atom. The normalized spacial score (nSPS) is 17.1. The van der Waals surface area contributed by atoms with Crippen molar-refractivity contribution in [2.45, 2.75) is 46.0 Å². The first-order valence-corrected chi connectivity index (χ1v) is 5.49. The van der Waals surface area contributed by atoms with Crippen LogP contribution in [0.25, 0.3) is 0 Å². The Kier molecular flexibility index (Phi) is 2.34. The minimum absolute atomic E-state index is 0.364. The van der Waals surface area contributed by atoms with Crippen LogP contribution < -0.4 is 0 Å². The highest BCUT2D eigenvalue weighted by Gasteiger charge is 2.24. The van der Waals surface area contributed by atoms with Gasteiger partial charge in [0, 0.05) is 17.8 Å². The molecule has 1 heterocycles. The van der Waals surface area contributed by atoms with Crippen molar-refractivity contribution in [3.63, 3.8) is 0 Å². The van der Waals surface area contributed by atoms with Crippen LogP contribution >= 0.6 is 0 Å². The monoisotopic (exact) mass is 189 g/mol. The van der Waals surface area contributed by atoms with Gasteiger partial charge in [0.05, 0.1) is 0 Å². The predicted molar refractivity (Wildman–Crippen MR) is 59.4 cm³/mol. The van der Waals surface area contributed by atoms with Crippen molar-refractivity contribution in [2.75, 3.05) is 0 Å². The van der Waals surface area contributed by atoms with Gasteiger partial charge in [-0.15, -0.1) is 0 Å². The zero-order valence-corrected chi connectivity index (χ0v) is 9.38. The summed E-state index contributed by atoms with van der Waals surface area (Å²) in [6.07, 6.45) is 5.85. The van der Waals surface area contributed by atoms with Crippen molar-refractivity contribution in [2.24, 2.45) is 5.41 Å². The van der Waals surface area contributed by atoms with Gasteiger partial charge in [0.15, 0.2) is 0 Å². The average Bonchev–Trinajstić information content (AvgIpc) is 2.85. The molecule has 0 aromatic carbocycles. The van der Waals surface area contributed by atoms with Gasteiger partial charge in [-0.1, -0.05) is 26.8 Å². The van der Waals surface area contributed by atoms with E-state index >= 15 is 0 Å². The maximum Gasteiger partial charge on any atom is 0.0434 e. The van der Waals surface area contributed by atoms with E-state index in [-0.39, 0.29) is 0 Å².